The molecule has 0 bridgehead atoms. The highest BCUT2D eigenvalue weighted by Gasteiger charge is 2.08. The summed E-state index contributed by atoms with van der Waals surface area (Å²) in [6.45, 7) is 9.91. The maximum atomic E-state index is 5.45. The fourth-order valence-electron chi connectivity index (χ4n) is 1.53. The Bertz CT molecular complexity index is 414. The molecular formula is C17H22O. The monoisotopic (exact) mass is 242 g/mol. The zero-order chi connectivity index (χ0) is 13.4. The number of benzene rings is 1. The molecule has 0 heterocycles. The molecule has 0 amide bonds. The molecule has 0 aliphatic heterocycles. The topological polar surface area (TPSA) is 9.23 Å². The van der Waals surface area contributed by atoms with Gasteiger partial charge < -0.3 is 4.74 Å². The van der Waals surface area contributed by atoms with E-state index in [0.29, 0.717) is 0 Å². The molecule has 18 heavy (non-hydrogen) atoms. The highest BCUT2D eigenvalue weighted by Crippen LogP contribution is 2.12. The second-order valence-electron chi connectivity index (χ2n) is 5.34. The number of hydrogen-bond donors (Lipinski definition) is 0. The van der Waals surface area contributed by atoms with Gasteiger partial charge in [0.1, 0.15) is 0 Å². The second-order valence-corrected chi connectivity index (χ2v) is 5.34. The molecule has 96 valence electrons. The normalized spacial score (nSPS) is 12.2. The standard InChI is InChI=1S/C17H22O/c1-5-18-16(13-14-17(2,3)4)12-11-15-9-7-6-8-10-15/h5-10,16H,1,11-12H2,2-4H3. The van der Waals surface area contributed by atoms with Crippen LogP contribution in [0.5, 0.6) is 0 Å². The smallest absolute Gasteiger partial charge is 0.158 e. The van der Waals surface area contributed by atoms with Gasteiger partial charge in [-0.25, -0.2) is 0 Å². The molecule has 0 N–H and O–H groups in total. The Balaban J connectivity index is 2.58. The van der Waals surface area contributed by atoms with Crippen molar-refractivity contribution in [1.29, 1.82) is 0 Å². The van der Waals surface area contributed by atoms with Crippen molar-refractivity contribution in [3.8, 4) is 11.8 Å². The van der Waals surface area contributed by atoms with E-state index in [-0.39, 0.29) is 11.5 Å². The van der Waals surface area contributed by atoms with Crippen molar-refractivity contribution < 1.29 is 4.74 Å². The van der Waals surface area contributed by atoms with Crippen LogP contribution in [0.25, 0.3) is 0 Å². The molecule has 0 spiro atoms. The third-order valence-corrected chi connectivity index (χ3v) is 2.41. The van der Waals surface area contributed by atoms with Crippen molar-refractivity contribution in [3.05, 3.63) is 48.7 Å². The van der Waals surface area contributed by atoms with Crippen LogP contribution in [0.4, 0.5) is 0 Å². The lowest BCUT2D eigenvalue weighted by Crippen LogP contribution is -2.10. The van der Waals surface area contributed by atoms with Gasteiger partial charge in [0.2, 0.25) is 0 Å². The Labute approximate surface area is 111 Å². The van der Waals surface area contributed by atoms with E-state index in [1.54, 1.807) is 0 Å². The number of hydrogen-bond acceptors (Lipinski definition) is 1. The van der Waals surface area contributed by atoms with Crippen molar-refractivity contribution in [2.75, 3.05) is 0 Å². The van der Waals surface area contributed by atoms with E-state index in [0.717, 1.165) is 12.8 Å². The lowest BCUT2D eigenvalue weighted by Gasteiger charge is -2.12. The molecule has 1 atom stereocenters. The molecule has 1 unspecified atom stereocenters. The molecule has 1 heteroatoms. The van der Waals surface area contributed by atoms with Crippen LogP contribution < -0.4 is 0 Å². The van der Waals surface area contributed by atoms with Crippen LogP contribution in [-0.2, 0) is 11.2 Å². The molecule has 1 aromatic carbocycles. The van der Waals surface area contributed by atoms with Gasteiger partial charge in [0, 0.05) is 5.41 Å². The highest BCUT2D eigenvalue weighted by atomic mass is 16.5. The van der Waals surface area contributed by atoms with E-state index in [9.17, 15) is 0 Å². The Morgan fingerprint density at radius 3 is 2.50 bits per heavy atom. The van der Waals surface area contributed by atoms with E-state index in [1.165, 1.54) is 11.8 Å². The van der Waals surface area contributed by atoms with Crippen LogP contribution in [0.15, 0.2) is 43.2 Å². The Morgan fingerprint density at radius 1 is 1.28 bits per heavy atom. The first-order valence-electron chi connectivity index (χ1n) is 6.34. The van der Waals surface area contributed by atoms with Crippen LogP contribution in [-0.4, -0.2) is 6.10 Å². The minimum absolute atomic E-state index is 0.00945. The molecule has 1 rings (SSSR count). The lowest BCUT2D eigenvalue weighted by molar-refractivity contribution is 0.187. The summed E-state index contributed by atoms with van der Waals surface area (Å²) in [5, 5.41) is 0. The van der Waals surface area contributed by atoms with E-state index in [4.69, 9.17) is 4.74 Å². The third kappa shape index (κ3) is 6.15. The molecule has 0 aliphatic rings. The van der Waals surface area contributed by atoms with Gasteiger partial charge in [0.25, 0.3) is 0 Å². The first-order valence-corrected chi connectivity index (χ1v) is 6.34. The molecule has 0 aromatic heterocycles. The van der Waals surface area contributed by atoms with Crippen molar-refractivity contribution in [2.45, 2.75) is 39.7 Å². The minimum Gasteiger partial charge on any atom is -0.486 e. The average Bonchev–Trinajstić information content (AvgIpc) is 2.33. The predicted molar refractivity (Wildman–Crippen MR) is 77.1 cm³/mol. The first kappa shape index (κ1) is 14.4. The second kappa shape index (κ2) is 6.91. The van der Waals surface area contributed by atoms with Crippen molar-refractivity contribution in [2.24, 2.45) is 5.41 Å². The summed E-state index contributed by atoms with van der Waals surface area (Å²) in [6.07, 6.45) is 3.27. The Hall–Kier alpha value is -1.68. The summed E-state index contributed by atoms with van der Waals surface area (Å²) in [5.74, 6) is 6.41. The van der Waals surface area contributed by atoms with Crippen molar-refractivity contribution in [1.82, 2.24) is 0 Å². The van der Waals surface area contributed by atoms with Crippen molar-refractivity contribution >= 4 is 0 Å². The molecule has 0 aliphatic carbocycles. The Morgan fingerprint density at radius 2 is 1.94 bits per heavy atom. The summed E-state index contributed by atoms with van der Waals surface area (Å²) in [5.41, 5.74) is 1.32. The molecule has 0 fully saturated rings. The zero-order valence-electron chi connectivity index (χ0n) is 11.6. The van der Waals surface area contributed by atoms with Gasteiger partial charge in [-0.3, -0.25) is 0 Å². The van der Waals surface area contributed by atoms with Gasteiger partial charge in [0.05, 0.1) is 6.26 Å². The number of ether oxygens (including phenoxy) is 1. The lowest BCUT2D eigenvalue weighted by atomic mass is 9.97. The minimum atomic E-state index is -0.0677. The Kier molecular flexibility index (Phi) is 5.52. The maximum Gasteiger partial charge on any atom is 0.158 e. The van der Waals surface area contributed by atoms with Gasteiger partial charge in [-0.2, -0.15) is 0 Å². The maximum absolute atomic E-state index is 5.45. The molecular weight excluding hydrogens is 220 g/mol. The van der Waals surface area contributed by atoms with E-state index < -0.39 is 0 Å². The van der Waals surface area contributed by atoms with Crippen LogP contribution in [0.1, 0.15) is 32.8 Å². The fourth-order valence-corrected chi connectivity index (χ4v) is 1.53. The summed E-state index contributed by atoms with van der Waals surface area (Å²) in [6, 6.07) is 10.4. The van der Waals surface area contributed by atoms with Crippen LogP contribution >= 0.6 is 0 Å². The van der Waals surface area contributed by atoms with Crippen molar-refractivity contribution in [3.63, 3.8) is 0 Å². The predicted octanol–water partition coefficient (Wildman–Crippen LogP) is 4.20. The van der Waals surface area contributed by atoms with Crippen LogP contribution in [0.2, 0.25) is 0 Å². The van der Waals surface area contributed by atoms with Gasteiger partial charge in [0.15, 0.2) is 6.10 Å². The van der Waals surface area contributed by atoms with Gasteiger partial charge in [-0.15, -0.1) is 0 Å². The SMILES string of the molecule is C=COC(C#CC(C)(C)C)CCc1ccccc1. The van der Waals surface area contributed by atoms with E-state index in [2.05, 4.69) is 63.5 Å². The van der Waals surface area contributed by atoms with E-state index in [1.807, 2.05) is 6.07 Å². The zero-order valence-corrected chi connectivity index (χ0v) is 11.6. The third-order valence-electron chi connectivity index (χ3n) is 2.41. The molecule has 1 nitrogen and oxygen atoms in total. The van der Waals surface area contributed by atoms with Crippen LogP contribution in [0.3, 0.4) is 0 Å². The van der Waals surface area contributed by atoms with Gasteiger partial charge in [-0.1, -0.05) is 48.8 Å². The summed E-state index contributed by atoms with van der Waals surface area (Å²) in [4.78, 5) is 0. The van der Waals surface area contributed by atoms with Gasteiger partial charge in [-0.05, 0) is 39.2 Å². The number of rotatable bonds is 5. The quantitative estimate of drug-likeness (QED) is 0.555. The summed E-state index contributed by atoms with van der Waals surface area (Å²) >= 11 is 0. The molecule has 0 saturated carbocycles. The number of aryl methyl sites for hydroxylation is 1. The van der Waals surface area contributed by atoms with E-state index >= 15 is 0 Å². The molecule has 0 radical (unpaired) electrons. The fraction of sp³-hybridized carbons (Fsp3) is 0.412. The molecule has 1 aromatic rings. The average molecular weight is 242 g/mol. The summed E-state index contributed by atoms with van der Waals surface area (Å²) < 4.78 is 5.45. The first-order chi connectivity index (χ1) is 8.51. The molecule has 0 saturated heterocycles. The van der Waals surface area contributed by atoms with Gasteiger partial charge >= 0.3 is 0 Å². The van der Waals surface area contributed by atoms with Crippen LogP contribution in [0, 0.1) is 17.3 Å². The summed E-state index contributed by atoms with van der Waals surface area (Å²) in [7, 11) is 0. The largest absolute Gasteiger partial charge is 0.486 e. The highest BCUT2D eigenvalue weighted by molar-refractivity contribution is 5.17.